The van der Waals surface area contributed by atoms with Gasteiger partial charge in [0.1, 0.15) is 23.8 Å². The number of aliphatic hydroxyl groups excluding tert-OH is 1. The third-order valence-corrected chi connectivity index (χ3v) is 7.77. The van der Waals surface area contributed by atoms with Gasteiger partial charge in [-0.05, 0) is 78.8 Å². The standard InChI is InChI=1S/C31H32F2N2O5/c32-23-7-5-21(6-8-23)27(36)14-13-26-29(35(30(26)38)25-11-9-24(33)10-12-25)22-3-1-20(2-4-22)15-16-31(18-39-19-31)40-17-28(34)37/h1-12,26-27,29,36H,13-19H2,(H2,34,37)/t26-,27?,29-/m1/s1. The number of rotatable bonds is 12. The Hall–Kier alpha value is -3.66. The zero-order valence-corrected chi connectivity index (χ0v) is 22.0. The van der Waals surface area contributed by atoms with E-state index in [1.54, 1.807) is 29.2 Å². The molecule has 9 heteroatoms. The van der Waals surface area contributed by atoms with Crippen LogP contribution < -0.4 is 10.6 Å². The van der Waals surface area contributed by atoms with Crippen LogP contribution >= 0.6 is 0 Å². The first-order valence-corrected chi connectivity index (χ1v) is 13.4. The maximum absolute atomic E-state index is 13.6. The van der Waals surface area contributed by atoms with Crippen LogP contribution in [0, 0.1) is 17.6 Å². The fourth-order valence-corrected chi connectivity index (χ4v) is 5.40. The number of aliphatic hydroxyl groups is 1. The van der Waals surface area contributed by atoms with Crippen LogP contribution in [0.4, 0.5) is 14.5 Å². The molecule has 0 radical (unpaired) electrons. The van der Waals surface area contributed by atoms with Crippen LogP contribution in [0.3, 0.4) is 0 Å². The minimum atomic E-state index is -0.823. The number of carbonyl (C=O) groups is 2. The van der Waals surface area contributed by atoms with E-state index in [4.69, 9.17) is 15.2 Å². The first-order chi connectivity index (χ1) is 19.2. The zero-order chi connectivity index (χ0) is 28.3. The third kappa shape index (κ3) is 6.06. The van der Waals surface area contributed by atoms with E-state index in [2.05, 4.69) is 0 Å². The topological polar surface area (TPSA) is 102 Å². The molecule has 1 unspecified atom stereocenters. The molecule has 0 bridgehead atoms. The Bertz CT molecular complexity index is 1330. The maximum atomic E-state index is 13.6. The highest BCUT2D eigenvalue weighted by Gasteiger charge is 2.48. The lowest BCUT2D eigenvalue weighted by Crippen LogP contribution is -2.55. The molecule has 2 saturated heterocycles. The van der Waals surface area contributed by atoms with Crippen molar-refractivity contribution in [2.24, 2.45) is 11.7 Å². The number of primary amides is 1. The van der Waals surface area contributed by atoms with E-state index in [1.807, 2.05) is 24.3 Å². The summed E-state index contributed by atoms with van der Waals surface area (Å²) in [6.45, 7) is 0.690. The highest BCUT2D eigenvalue weighted by molar-refractivity contribution is 6.03. The molecule has 210 valence electrons. The molecule has 7 nitrogen and oxygen atoms in total. The molecule has 0 saturated carbocycles. The second kappa shape index (κ2) is 11.8. The Morgan fingerprint density at radius 3 is 2.23 bits per heavy atom. The van der Waals surface area contributed by atoms with Crippen LogP contribution in [0.25, 0.3) is 0 Å². The number of carbonyl (C=O) groups excluding carboxylic acids is 2. The maximum Gasteiger partial charge on any atom is 0.243 e. The smallest absolute Gasteiger partial charge is 0.243 e. The van der Waals surface area contributed by atoms with Crippen LogP contribution in [-0.4, -0.2) is 42.3 Å². The van der Waals surface area contributed by atoms with Crippen LogP contribution in [0.5, 0.6) is 0 Å². The largest absolute Gasteiger partial charge is 0.388 e. The summed E-state index contributed by atoms with van der Waals surface area (Å²) in [4.78, 5) is 26.1. The number of hydrogen-bond acceptors (Lipinski definition) is 5. The lowest BCUT2D eigenvalue weighted by atomic mass is 9.78. The van der Waals surface area contributed by atoms with E-state index in [-0.39, 0.29) is 36.1 Å². The molecule has 0 aliphatic carbocycles. The molecule has 3 aromatic rings. The predicted octanol–water partition coefficient (Wildman–Crippen LogP) is 4.39. The molecule has 3 aromatic carbocycles. The Morgan fingerprint density at radius 2 is 1.65 bits per heavy atom. The van der Waals surface area contributed by atoms with Crippen molar-refractivity contribution in [3.8, 4) is 0 Å². The molecule has 0 aromatic heterocycles. The quantitative estimate of drug-likeness (QED) is 0.326. The average molecular weight is 551 g/mol. The van der Waals surface area contributed by atoms with Crippen molar-refractivity contribution in [2.75, 3.05) is 24.7 Å². The SMILES string of the molecule is NC(=O)COC1(CCc2ccc([C@@H]3[C@@H](CCC(O)c4ccc(F)cc4)C(=O)N3c3ccc(F)cc3)cc2)COC1. The van der Waals surface area contributed by atoms with Gasteiger partial charge in [0.2, 0.25) is 11.8 Å². The van der Waals surface area contributed by atoms with Crippen molar-refractivity contribution in [2.45, 2.75) is 43.4 Å². The highest BCUT2D eigenvalue weighted by Crippen LogP contribution is 2.46. The Morgan fingerprint density at radius 1 is 1.02 bits per heavy atom. The monoisotopic (exact) mass is 550 g/mol. The Kier molecular flexibility index (Phi) is 8.25. The Labute approximate surface area is 231 Å². The highest BCUT2D eigenvalue weighted by atomic mass is 19.1. The number of anilines is 1. The summed E-state index contributed by atoms with van der Waals surface area (Å²) < 4.78 is 37.9. The molecule has 2 aliphatic rings. The second-order valence-electron chi connectivity index (χ2n) is 10.6. The fourth-order valence-electron chi connectivity index (χ4n) is 5.40. The third-order valence-electron chi connectivity index (χ3n) is 7.77. The molecule has 40 heavy (non-hydrogen) atoms. The molecule has 2 amide bonds. The molecule has 5 rings (SSSR count). The van der Waals surface area contributed by atoms with E-state index < -0.39 is 17.6 Å². The van der Waals surface area contributed by atoms with E-state index in [1.165, 1.54) is 24.3 Å². The number of amides is 2. The molecular weight excluding hydrogens is 518 g/mol. The van der Waals surface area contributed by atoms with Gasteiger partial charge in [-0.15, -0.1) is 0 Å². The number of benzene rings is 3. The summed E-state index contributed by atoms with van der Waals surface area (Å²) >= 11 is 0. The van der Waals surface area contributed by atoms with Gasteiger partial charge in [-0.3, -0.25) is 9.59 Å². The van der Waals surface area contributed by atoms with Gasteiger partial charge >= 0.3 is 0 Å². The average Bonchev–Trinajstić information content (AvgIpc) is 2.92. The minimum absolute atomic E-state index is 0.0921. The summed E-state index contributed by atoms with van der Waals surface area (Å²) in [5.41, 5.74) is 7.92. The lowest BCUT2D eigenvalue weighted by molar-refractivity contribution is -0.211. The van der Waals surface area contributed by atoms with Crippen molar-refractivity contribution in [3.63, 3.8) is 0 Å². The molecular formula is C31H32F2N2O5. The van der Waals surface area contributed by atoms with Gasteiger partial charge in [0.25, 0.3) is 0 Å². The Balaban J connectivity index is 1.29. The molecule has 2 aliphatic heterocycles. The zero-order valence-electron chi connectivity index (χ0n) is 22.0. The predicted molar refractivity (Wildman–Crippen MR) is 144 cm³/mol. The van der Waals surface area contributed by atoms with Crippen molar-refractivity contribution in [1.29, 1.82) is 0 Å². The minimum Gasteiger partial charge on any atom is -0.388 e. The first-order valence-electron chi connectivity index (χ1n) is 13.4. The van der Waals surface area contributed by atoms with Crippen molar-refractivity contribution >= 4 is 17.5 Å². The number of aryl methyl sites for hydroxylation is 1. The van der Waals surface area contributed by atoms with Crippen LogP contribution in [0.15, 0.2) is 72.8 Å². The normalized spacial score (nSPS) is 20.5. The van der Waals surface area contributed by atoms with Gasteiger partial charge < -0.3 is 25.2 Å². The number of nitrogens with zero attached hydrogens (tertiary/aromatic N) is 1. The number of hydrogen-bond donors (Lipinski definition) is 2. The van der Waals surface area contributed by atoms with Gasteiger partial charge in [-0.2, -0.15) is 0 Å². The summed E-state index contributed by atoms with van der Waals surface area (Å²) in [6, 6.07) is 19.2. The van der Waals surface area contributed by atoms with Gasteiger partial charge in [0.05, 0.1) is 31.3 Å². The summed E-state index contributed by atoms with van der Waals surface area (Å²) in [5, 5.41) is 10.7. The summed E-state index contributed by atoms with van der Waals surface area (Å²) in [6.07, 6.45) is 1.33. The fraction of sp³-hybridized carbons (Fsp3) is 0.355. The van der Waals surface area contributed by atoms with E-state index >= 15 is 0 Å². The molecule has 2 heterocycles. The van der Waals surface area contributed by atoms with E-state index in [0.29, 0.717) is 50.1 Å². The van der Waals surface area contributed by atoms with Crippen LogP contribution in [0.2, 0.25) is 0 Å². The van der Waals surface area contributed by atoms with Crippen LogP contribution in [-0.2, 0) is 25.5 Å². The first kappa shape index (κ1) is 27.9. The van der Waals surface area contributed by atoms with Crippen molar-refractivity contribution in [3.05, 3.63) is 101 Å². The number of halogens is 2. The van der Waals surface area contributed by atoms with Gasteiger partial charge in [-0.1, -0.05) is 36.4 Å². The van der Waals surface area contributed by atoms with E-state index in [9.17, 15) is 23.5 Å². The van der Waals surface area contributed by atoms with Crippen LogP contribution in [0.1, 0.15) is 48.1 Å². The molecule has 3 N–H and O–H groups in total. The number of β-lactam (4-membered cyclic amide) rings is 1. The lowest BCUT2D eigenvalue weighted by Gasteiger charge is -2.48. The number of ether oxygens (including phenoxy) is 2. The van der Waals surface area contributed by atoms with Gasteiger partial charge in [-0.25, -0.2) is 8.78 Å². The van der Waals surface area contributed by atoms with Crippen molar-refractivity contribution < 1.29 is 33.0 Å². The molecule has 3 atom stereocenters. The second-order valence-corrected chi connectivity index (χ2v) is 10.6. The van der Waals surface area contributed by atoms with Gasteiger partial charge in [0.15, 0.2) is 0 Å². The molecule has 0 spiro atoms. The summed E-state index contributed by atoms with van der Waals surface area (Å²) in [7, 11) is 0. The number of nitrogens with two attached hydrogens (primary N) is 1. The molecule has 2 fully saturated rings. The van der Waals surface area contributed by atoms with Gasteiger partial charge in [0, 0.05) is 5.69 Å². The summed E-state index contributed by atoms with van der Waals surface area (Å²) in [5.74, 6) is -1.74. The van der Waals surface area contributed by atoms with E-state index in [0.717, 1.165) is 11.1 Å². The van der Waals surface area contributed by atoms with Crippen molar-refractivity contribution in [1.82, 2.24) is 0 Å².